The summed E-state index contributed by atoms with van der Waals surface area (Å²) < 4.78 is 35.7. The fraction of sp³-hybridized carbons (Fsp3) is 0.565. The van der Waals surface area contributed by atoms with E-state index in [0.29, 0.717) is 18.9 Å². The Morgan fingerprint density at radius 1 is 1.29 bits per heavy atom. The van der Waals surface area contributed by atoms with Crippen LogP contribution in [-0.2, 0) is 25.7 Å². The Bertz CT molecular complexity index is 1150. The zero-order valence-electron chi connectivity index (χ0n) is 18.2. The van der Waals surface area contributed by atoms with Crippen LogP contribution in [-0.4, -0.2) is 51.7 Å². The van der Waals surface area contributed by atoms with Gasteiger partial charge < -0.3 is 9.32 Å². The standard InChI is InChI=1S/C23H29FN2O4S/c1-14(2)17-11-18-16(13-30-21(18)9-15(17)3)10-22(27)26-5-4-7-31(29,8-6-26)25-23(28)19-12-20(19)24/h9,11,13-14,19-20H,4-8,10,12H2,1-3H3. The van der Waals surface area contributed by atoms with E-state index < -0.39 is 27.7 Å². The van der Waals surface area contributed by atoms with Gasteiger partial charge in [0.1, 0.15) is 11.8 Å². The Balaban J connectivity index is 1.47. The van der Waals surface area contributed by atoms with Crippen molar-refractivity contribution in [2.45, 2.75) is 52.1 Å². The molecule has 2 aromatic rings. The molecule has 1 saturated heterocycles. The van der Waals surface area contributed by atoms with Gasteiger partial charge in [-0.1, -0.05) is 13.8 Å². The maximum atomic E-state index is 13.1. The summed E-state index contributed by atoms with van der Waals surface area (Å²) in [5.41, 5.74) is 4.01. The van der Waals surface area contributed by atoms with Gasteiger partial charge in [-0.25, -0.2) is 8.60 Å². The molecule has 1 aliphatic carbocycles. The Kier molecular flexibility index (Phi) is 5.94. The molecule has 1 aromatic heterocycles. The van der Waals surface area contributed by atoms with E-state index in [1.54, 1.807) is 11.2 Å². The summed E-state index contributed by atoms with van der Waals surface area (Å²) >= 11 is 0. The van der Waals surface area contributed by atoms with Gasteiger partial charge in [-0.05, 0) is 48.9 Å². The molecule has 0 N–H and O–H groups in total. The van der Waals surface area contributed by atoms with E-state index in [4.69, 9.17) is 4.42 Å². The van der Waals surface area contributed by atoms with Crippen molar-refractivity contribution in [1.29, 1.82) is 0 Å². The molecule has 2 fully saturated rings. The third kappa shape index (κ3) is 4.68. The van der Waals surface area contributed by atoms with E-state index in [0.717, 1.165) is 16.5 Å². The second kappa shape index (κ2) is 8.37. The maximum absolute atomic E-state index is 13.1. The zero-order chi connectivity index (χ0) is 22.3. The molecule has 0 radical (unpaired) electrons. The fourth-order valence-electron chi connectivity index (χ4n) is 4.22. The molecule has 4 rings (SSSR count). The first-order chi connectivity index (χ1) is 14.7. The second-order valence-electron chi connectivity index (χ2n) is 9.00. The molecule has 1 aliphatic heterocycles. The summed E-state index contributed by atoms with van der Waals surface area (Å²) in [6.45, 7) is 7.09. The summed E-state index contributed by atoms with van der Waals surface area (Å²) in [7, 11) is -2.74. The lowest BCUT2D eigenvalue weighted by atomic mass is 9.95. The number of furan rings is 1. The minimum atomic E-state index is -2.74. The Morgan fingerprint density at radius 3 is 2.71 bits per heavy atom. The molecular formula is C23H29FN2O4S. The number of carbonyl (C=O) groups excluding carboxylic acids is 2. The molecule has 1 aromatic carbocycles. The highest BCUT2D eigenvalue weighted by Gasteiger charge is 2.44. The number of rotatable bonds is 4. The van der Waals surface area contributed by atoms with Gasteiger partial charge in [0.05, 0.1) is 28.3 Å². The minimum Gasteiger partial charge on any atom is -0.464 e. The zero-order valence-corrected chi connectivity index (χ0v) is 19.0. The van der Waals surface area contributed by atoms with Crippen molar-refractivity contribution in [3.05, 3.63) is 35.1 Å². The van der Waals surface area contributed by atoms with Gasteiger partial charge in [0.25, 0.3) is 5.91 Å². The van der Waals surface area contributed by atoms with Gasteiger partial charge in [0, 0.05) is 35.5 Å². The number of nitrogens with zero attached hydrogens (tertiary/aromatic N) is 2. The van der Waals surface area contributed by atoms with E-state index in [-0.39, 0.29) is 36.8 Å². The van der Waals surface area contributed by atoms with E-state index >= 15 is 0 Å². The molecule has 3 unspecified atom stereocenters. The molecule has 2 aliphatic rings. The van der Waals surface area contributed by atoms with Crippen LogP contribution < -0.4 is 0 Å². The van der Waals surface area contributed by atoms with Crippen molar-refractivity contribution in [3.8, 4) is 0 Å². The SMILES string of the molecule is Cc1cc2occ(CC(=O)N3CCCS(=O)(=NC(=O)C4CC4F)CC3)c2cc1C(C)C. The number of fused-ring (bicyclic) bond motifs is 1. The van der Waals surface area contributed by atoms with Crippen LogP contribution in [0.5, 0.6) is 0 Å². The molecule has 0 bridgehead atoms. The van der Waals surface area contributed by atoms with Gasteiger partial charge in [0.2, 0.25) is 5.91 Å². The molecular weight excluding hydrogens is 419 g/mol. The van der Waals surface area contributed by atoms with Crippen LogP contribution in [0.3, 0.4) is 0 Å². The van der Waals surface area contributed by atoms with Crippen LogP contribution >= 0.6 is 0 Å². The molecule has 2 heterocycles. The van der Waals surface area contributed by atoms with E-state index in [9.17, 15) is 18.2 Å². The summed E-state index contributed by atoms with van der Waals surface area (Å²) in [4.78, 5) is 26.7. The first-order valence-corrected chi connectivity index (χ1v) is 12.7. The molecule has 3 atom stereocenters. The van der Waals surface area contributed by atoms with Crippen LogP contribution in [0.4, 0.5) is 4.39 Å². The molecule has 0 spiro atoms. The number of amides is 2. The Hall–Kier alpha value is -2.22. The monoisotopic (exact) mass is 448 g/mol. The van der Waals surface area contributed by atoms with E-state index in [1.807, 2.05) is 6.07 Å². The van der Waals surface area contributed by atoms with Gasteiger partial charge in [-0.2, -0.15) is 4.36 Å². The molecule has 8 heteroatoms. The Labute approximate surface area is 182 Å². The number of hydrogen-bond donors (Lipinski definition) is 0. The number of benzene rings is 1. The molecule has 1 saturated carbocycles. The molecule has 31 heavy (non-hydrogen) atoms. The molecule has 2 amide bonds. The lowest BCUT2D eigenvalue weighted by molar-refractivity contribution is -0.130. The lowest BCUT2D eigenvalue weighted by Gasteiger charge is -2.19. The number of halogens is 1. The van der Waals surface area contributed by atoms with Crippen molar-refractivity contribution in [1.82, 2.24) is 4.90 Å². The van der Waals surface area contributed by atoms with E-state index in [2.05, 4.69) is 31.2 Å². The number of alkyl halides is 1. The van der Waals surface area contributed by atoms with Crippen LogP contribution in [0.2, 0.25) is 0 Å². The van der Waals surface area contributed by atoms with Gasteiger partial charge >= 0.3 is 0 Å². The van der Waals surface area contributed by atoms with Crippen molar-refractivity contribution in [3.63, 3.8) is 0 Å². The summed E-state index contributed by atoms with van der Waals surface area (Å²) in [6, 6.07) is 4.12. The first-order valence-electron chi connectivity index (χ1n) is 10.9. The topological polar surface area (TPSA) is 80.0 Å². The summed E-state index contributed by atoms with van der Waals surface area (Å²) in [6.07, 6.45) is 1.39. The largest absolute Gasteiger partial charge is 0.464 e. The second-order valence-corrected chi connectivity index (χ2v) is 11.5. The Morgan fingerprint density at radius 2 is 2.03 bits per heavy atom. The van der Waals surface area contributed by atoms with Crippen LogP contribution in [0.1, 0.15) is 49.3 Å². The first kappa shape index (κ1) is 22.0. The highest BCUT2D eigenvalue weighted by atomic mass is 32.2. The number of hydrogen-bond acceptors (Lipinski definition) is 4. The van der Waals surface area contributed by atoms with E-state index in [1.165, 1.54) is 11.1 Å². The van der Waals surface area contributed by atoms with Gasteiger partial charge in [0.15, 0.2) is 0 Å². The fourth-order valence-corrected chi connectivity index (χ4v) is 6.15. The average molecular weight is 449 g/mol. The van der Waals surface area contributed by atoms with Gasteiger partial charge in [-0.3, -0.25) is 9.59 Å². The van der Waals surface area contributed by atoms with Crippen molar-refractivity contribution in [2.24, 2.45) is 10.3 Å². The lowest BCUT2D eigenvalue weighted by Crippen LogP contribution is -2.34. The highest BCUT2D eigenvalue weighted by molar-refractivity contribution is 7.93. The van der Waals surface area contributed by atoms with Crippen molar-refractivity contribution in [2.75, 3.05) is 24.6 Å². The third-order valence-corrected chi connectivity index (χ3v) is 8.48. The molecule has 6 nitrogen and oxygen atoms in total. The van der Waals surface area contributed by atoms with Crippen LogP contribution in [0.15, 0.2) is 27.2 Å². The number of aryl methyl sites for hydroxylation is 1. The summed E-state index contributed by atoms with van der Waals surface area (Å²) in [5.74, 6) is -0.576. The van der Waals surface area contributed by atoms with Crippen molar-refractivity contribution < 1.29 is 22.6 Å². The smallest absolute Gasteiger partial charge is 0.259 e. The predicted octanol–water partition coefficient (Wildman–Crippen LogP) is 3.99. The average Bonchev–Trinajstić information content (AvgIpc) is 3.37. The minimum absolute atomic E-state index is 0.0598. The maximum Gasteiger partial charge on any atom is 0.259 e. The third-order valence-electron chi connectivity index (χ3n) is 6.22. The molecule has 168 valence electrons. The van der Waals surface area contributed by atoms with Crippen LogP contribution in [0.25, 0.3) is 11.0 Å². The highest BCUT2D eigenvalue weighted by Crippen LogP contribution is 2.35. The van der Waals surface area contributed by atoms with Crippen LogP contribution in [0, 0.1) is 12.8 Å². The number of carbonyl (C=O) groups is 2. The van der Waals surface area contributed by atoms with Gasteiger partial charge in [-0.15, -0.1) is 0 Å². The predicted molar refractivity (Wildman–Crippen MR) is 118 cm³/mol. The normalized spacial score (nSPS) is 26.2. The quantitative estimate of drug-likeness (QED) is 0.708. The summed E-state index contributed by atoms with van der Waals surface area (Å²) in [5, 5.41) is 0.951. The van der Waals surface area contributed by atoms with Crippen molar-refractivity contribution >= 4 is 32.5 Å².